The van der Waals surface area contributed by atoms with Crippen molar-refractivity contribution in [1.29, 1.82) is 0 Å². The van der Waals surface area contributed by atoms with Gasteiger partial charge in [-0.15, -0.1) is 0 Å². The van der Waals surface area contributed by atoms with E-state index in [1.807, 2.05) is 6.92 Å². The predicted octanol–water partition coefficient (Wildman–Crippen LogP) is 4.28. The average molecular weight is 519 g/mol. The minimum Gasteiger partial charge on any atom is -0.380 e. The number of fused-ring (bicyclic) bond motifs is 1. The Morgan fingerprint density at radius 1 is 1.37 bits per heavy atom. The number of rotatable bonds is 6. The first-order valence-corrected chi connectivity index (χ1v) is 12.1. The Morgan fingerprint density at radius 2 is 2.20 bits per heavy atom. The molecule has 1 aliphatic rings. The number of anilines is 3. The molecule has 4 rings (SSSR count). The maximum absolute atomic E-state index is 14.5. The predicted molar refractivity (Wildman–Crippen MR) is 130 cm³/mol. The van der Waals surface area contributed by atoms with Crippen LogP contribution in [-0.2, 0) is 18.6 Å². The van der Waals surface area contributed by atoms with Gasteiger partial charge in [0.1, 0.15) is 18.8 Å². The smallest absolute Gasteiger partial charge is 0.317 e. The Labute approximate surface area is 206 Å². The second-order valence-corrected chi connectivity index (χ2v) is 9.31. The van der Waals surface area contributed by atoms with Gasteiger partial charge >= 0.3 is 8.25 Å². The van der Waals surface area contributed by atoms with Gasteiger partial charge in [0.2, 0.25) is 0 Å². The SMILES string of the molecule is CC1(C#Cc2cc3ncnc(Nc4cccc(Cl)c4F)c3cc2NC(=O)CO[PH](=O)O)CCOC1. The summed E-state index contributed by atoms with van der Waals surface area (Å²) in [4.78, 5) is 29.7. The lowest BCUT2D eigenvalue weighted by atomic mass is 9.90. The van der Waals surface area contributed by atoms with Crippen molar-refractivity contribution in [3.63, 3.8) is 0 Å². The second kappa shape index (κ2) is 10.7. The van der Waals surface area contributed by atoms with Crippen LogP contribution in [-0.4, -0.2) is 40.6 Å². The number of nitrogens with zero attached hydrogens (tertiary/aromatic N) is 2. The molecule has 182 valence electrons. The summed E-state index contributed by atoms with van der Waals surface area (Å²) >= 11 is 5.88. The highest BCUT2D eigenvalue weighted by molar-refractivity contribution is 7.32. The van der Waals surface area contributed by atoms with Crippen LogP contribution in [0.2, 0.25) is 5.02 Å². The summed E-state index contributed by atoms with van der Waals surface area (Å²) in [5.74, 6) is 5.29. The molecule has 1 aromatic heterocycles. The first kappa shape index (κ1) is 25.0. The van der Waals surface area contributed by atoms with Crippen molar-refractivity contribution in [2.45, 2.75) is 13.3 Å². The van der Waals surface area contributed by atoms with E-state index in [0.29, 0.717) is 35.4 Å². The molecule has 1 amide bonds. The molecule has 12 heteroatoms. The molecule has 0 spiro atoms. The lowest BCUT2D eigenvalue weighted by Gasteiger charge is -2.14. The molecule has 2 heterocycles. The molecule has 2 atom stereocenters. The van der Waals surface area contributed by atoms with Crippen LogP contribution in [0, 0.1) is 23.1 Å². The molecule has 0 saturated carbocycles. The molecular weight excluding hydrogens is 498 g/mol. The molecule has 35 heavy (non-hydrogen) atoms. The topological polar surface area (TPSA) is 123 Å². The highest BCUT2D eigenvalue weighted by atomic mass is 35.5. The van der Waals surface area contributed by atoms with Crippen LogP contribution in [0.5, 0.6) is 0 Å². The first-order valence-electron chi connectivity index (χ1n) is 10.5. The van der Waals surface area contributed by atoms with Gasteiger partial charge in [-0.1, -0.05) is 29.5 Å². The zero-order valence-corrected chi connectivity index (χ0v) is 20.3. The molecular formula is C23H21ClFN4O5P. The van der Waals surface area contributed by atoms with Crippen LogP contribution in [0.25, 0.3) is 10.9 Å². The van der Waals surface area contributed by atoms with E-state index in [0.717, 1.165) is 6.42 Å². The van der Waals surface area contributed by atoms with Gasteiger partial charge < -0.3 is 24.8 Å². The molecule has 2 unspecified atom stereocenters. The number of carbonyl (C=O) groups excluding carboxylic acids is 1. The molecule has 3 N–H and O–H groups in total. The van der Waals surface area contributed by atoms with Crippen LogP contribution in [0.1, 0.15) is 18.9 Å². The van der Waals surface area contributed by atoms with Gasteiger partial charge in [-0.05, 0) is 37.6 Å². The van der Waals surface area contributed by atoms with E-state index < -0.39 is 26.6 Å². The number of hydrogen-bond donors (Lipinski definition) is 3. The molecule has 0 aliphatic carbocycles. The number of carbonyl (C=O) groups is 1. The van der Waals surface area contributed by atoms with E-state index >= 15 is 0 Å². The second-order valence-electron chi connectivity index (χ2n) is 8.08. The van der Waals surface area contributed by atoms with Crippen molar-refractivity contribution < 1.29 is 27.9 Å². The summed E-state index contributed by atoms with van der Waals surface area (Å²) in [6.07, 6.45) is 2.09. The van der Waals surface area contributed by atoms with Crippen LogP contribution < -0.4 is 10.6 Å². The molecule has 0 radical (unpaired) electrons. The van der Waals surface area contributed by atoms with Gasteiger partial charge in [0.15, 0.2) is 5.82 Å². The fraction of sp³-hybridized carbons (Fsp3) is 0.261. The van der Waals surface area contributed by atoms with E-state index in [-0.39, 0.29) is 21.9 Å². The third-order valence-corrected chi connectivity index (χ3v) is 5.98. The Morgan fingerprint density at radius 3 is 2.94 bits per heavy atom. The van der Waals surface area contributed by atoms with Crippen molar-refractivity contribution in [3.8, 4) is 11.8 Å². The summed E-state index contributed by atoms with van der Waals surface area (Å²) in [7, 11) is -3.27. The number of hydrogen-bond acceptors (Lipinski definition) is 7. The molecule has 2 aromatic carbocycles. The molecule has 3 aromatic rings. The Bertz CT molecular complexity index is 1370. The molecule has 1 fully saturated rings. The van der Waals surface area contributed by atoms with E-state index in [1.165, 1.54) is 18.5 Å². The zero-order valence-electron chi connectivity index (χ0n) is 18.5. The van der Waals surface area contributed by atoms with Gasteiger partial charge in [0, 0.05) is 12.0 Å². The third kappa shape index (κ3) is 6.14. The van der Waals surface area contributed by atoms with Crippen LogP contribution >= 0.6 is 19.9 Å². The standard InChI is InChI=1S/C23H21ClFN4O5P/c1-23(7-8-33-12-23)6-5-14-9-19-15(10-18(14)28-20(30)11-34-35(31)32)22(27-13-26-19)29-17-4-2-3-16(24)21(17)25/h2-4,9-10,13,35H,7-8,11-12H2,1H3,(H,28,30)(H,31,32)(H,26,27,29). The van der Waals surface area contributed by atoms with Gasteiger partial charge in [0.05, 0.1) is 39.5 Å². The maximum Gasteiger partial charge on any atom is 0.317 e. The van der Waals surface area contributed by atoms with Gasteiger partial charge in [0.25, 0.3) is 5.91 Å². The van der Waals surface area contributed by atoms with E-state index in [2.05, 4.69) is 37.0 Å². The normalized spacial score (nSPS) is 18.1. The molecule has 1 saturated heterocycles. The number of nitrogens with one attached hydrogen (secondary N) is 2. The van der Waals surface area contributed by atoms with Gasteiger partial charge in [-0.25, -0.2) is 14.4 Å². The van der Waals surface area contributed by atoms with Crippen LogP contribution in [0.15, 0.2) is 36.7 Å². The quantitative estimate of drug-likeness (QED) is 0.326. The number of amides is 1. The lowest BCUT2D eigenvalue weighted by molar-refractivity contribution is -0.118. The van der Waals surface area contributed by atoms with Crippen molar-refractivity contribution in [2.75, 3.05) is 30.5 Å². The van der Waals surface area contributed by atoms with Crippen molar-refractivity contribution in [2.24, 2.45) is 5.41 Å². The summed E-state index contributed by atoms with van der Waals surface area (Å²) in [5, 5.41) is 5.98. The van der Waals surface area contributed by atoms with Crippen molar-refractivity contribution in [1.82, 2.24) is 9.97 Å². The Hall–Kier alpha value is -3.06. The lowest BCUT2D eigenvalue weighted by Crippen LogP contribution is -2.17. The largest absolute Gasteiger partial charge is 0.380 e. The summed E-state index contributed by atoms with van der Waals surface area (Å²) < 4.78 is 35.3. The maximum atomic E-state index is 14.5. The van der Waals surface area contributed by atoms with Gasteiger partial charge in [-0.3, -0.25) is 9.36 Å². The third-order valence-electron chi connectivity index (χ3n) is 5.30. The zero-order chi connectivity index (χ0) is 25.0. The Kier molecular flexibility index (Phi) is 7.65. The Balaban J connectivity index is 1.76. The molecule has 0 bridgehead atoms. The highest BCUT2D eigenvalue weighted by Crippen LogP contribution is 2.32. The minimum atomic E-state index is -3.27. The number of benzene rings is 2. The highest BCUT2D eigenvalue weighted by Gasteiger charge is 2.27. The molecule has 9 nitrogen and oxygen atoms in total. The van der Waals surface area contributed by atoms with Crippen molar-refractivity contribution in [3.05, 3.63) is 53.1 Å². The monoisotopic (exact) mass is 518 g/mol. The summed E-state index contributed by atoms with van der Waals surface area (Å²) in [6, 6.07) is 7.80. The fourth-order valence-electron chi connectivity index (χ4n) is 3.43. The fourth-order valence-corrected chi connectivity index (χ4v) is 3.86. The average Bonchev–Trinajstić information content (AvgIpc) is 3.26. The summed E-state index contributed by atoms with van der Waals surface area (Å²) in [5.41, 5.74) is 1.05. The molecule has 1 aliphatic heterocycles. The first-order chi connectivity index (χ1) is 16.7. The van der Waals surface area contributed by atoms with E-state index in [9.17, 15) is 13.8 Å². The van der Waals surface area contributed by atoms with Crippen molar-refractivity contribution >= 4 is 53.9 Å². The van der Waals surface area contributed by atoms with Crippen LogP contribution in [0.3, 0.4) is 0 Å². The van der Waals surface area contributed by atoms with Gasteiger partial charge in [-0.2, -0.15) is 0 Å². The van der Waals surface area contributed by atoms with E-state index in [1.54, 1.807) is 18.2 Å². The summed E-state index contributed by atoms with van der Waals surface area (Å²) in [6.45, 7) is 2.49. The minimum absolute atomic E-state index is 0.0496. The van der Waals surface area contributed by atoms with E-state index in [4.69, 9.17) is 21.2 Å². The number of ether oxygens (including phenoxy) is 1. The number of aromatic nitrogens is 2. The van der Waals surface area contributed by atoms with Crippen LogP contribution in [0.4, 0.5) is 21.6 Å². The number of halogens is 2.